The van der Waals surface area contributed by atoms with Gasteiger partial charge < -0.3 is 15.9 Å². The molecule has 3 nitrogen and oxygen atoms in total. The van der Waals surface area contributed by atoms with Gasteiger partial charge in [0.25, 0.3) is 0 Å². The predicted molar refractivity (Wildman–Crippen MR) is 48.8 cm³/mol. The molecule has 0 bridgehead atoms. The van der Waals surface area contributed by atoms with Crippen molar-refractivity contribution in [3.63, 3.8) is 0 Å². The Morgan fingerprint density at radius 3 is 2.58 bits per heavy atom. The summed E-state index contributed by atoms with van der Waals surface area (Å²) in [7, 11) is 0. The molecule has 12 heavy (non-hydrogen) atoms. The van der Waals surface area contributed by atoms with Crippen LogP contribution in [0, 0.1) is 11.8 Å². The fourth-order valence-corrected chi connectivity index (χ4v) is 0.726. The fourth-order valence-electron chi connectivity index (χ4n) is 0.551. The summed E-state index contributed by atoms with van der Waals surface area (Å²) in [6, 6.07) is -0.296. The Morgan fingerprint density at radius 1 is 1.42 bits per heavy atom. The molecule has 0 saturated heterocycles. The third-order valence-electron chi connectivity index (χ3n) is 1.24. The molecule has 0 rings (SSSR count). The molecule has 0 aromatic carbocycles. The van der Waals surface area contributed by atoms with Gasteiger partial charge in [0.2, 0.25) is 0 Å². The minimum absolute atomic E-state index is 0.0366. The number of aliphatic hydroxyl groups excluding tert-OH is 2. The van der Waals surface area contributed by atoms with Crippen LogP contribution in [0.2, 0.25) is 0 Å². The summed E-state index contributed by atoms with van der Waals surface area (Å²) in [5.74, 6) is 5.46. The van der Waals surface area contributed by atoms with Crippen molar-refractivity contribution in [1.82, 2.24) is 0 Å². The lowest BCUT2D eigenvalue weighted by Gasteiger charge is -2.00. The molecular formula is C8H14ClNO2. The number of alkyl halides is 1. The summed E-state index contributed by atoms with van der Waals surface area (Å²) >= 11 is 5.67. The second-order valence-electron chi connectivity index (χ2n) is 2.45. The van der Waals surface area contributed by atoms with E-state index in [1.807, 2.05) is 0 Å². The Morgan fingerprint density at radius 2 is 2.08 bits per heavy atom. The number of hydrogen-bond acceptors (Lipinski definition) is 3. The predicted octanol–water partition coefficient (Wildman–Crippen LogP) is -0.311. The van der Waals surface area contributed by atoms with Gasteiger partial charge >= 0.3 is 0 Å². The van der Waals surface area contributed by atoms with Crippen LogP contribution >= 0.6 is 11.6 Å². The molecule has 0 aliphatic carbocycles. The SMILES string of the molecule is NC(CO)CC#CC(Cl)CCO. The molecule has 0 radical (unpaired) electrons. The first-order valence-electron chi connectivity index (χ1n) is 3.80. The molecule has 4 heteroatoms. The van der Waals surface area contributed by atoms with Gasteiger partial charge in [0, 0.05) is 19.1 Å². The van der Waals surface area contributed by atoms with E-state index in [-0.39, 0.29) is 24.6 Å². The second kappa shape index (κ2) is 7.38. The third-order valence-corrected chi connectivity index (χ3v) is 1.57. The summed E-state index contributed by atoms with van der Waals surface area (Å²) in [5.41, 5.74) is 5.39. The molecule has 2 unspecified atom stereocenters. The largest absolute Gasteiger partial charge is 0.396 e. The Labute approximate surface area is 77.5 Å². The van der Waals surface area contributed by atoms with Gasteiger partial charge in [-0.15, -0.1) is 17.5 Å². The van der Waals surface area contributed by atoms with Crippen molar-refractivity contribution in [1.29, 1.82) is 0 Å². The molecule has 0 aliphatic rings. The Kier molecular flexibility index (Phi) is 7.22. The maximum Gasteiger partial charge on any atom is 0.0964 e. The van der Waals surface area contributed by atoms with E-state index in [0.29, 0.717) is 12.8 Å². The quantitative estimate of drug-likeness (QED) is 0.422. The lowest BCUT2D eigenvalue weighted by Crippen LogP contribution is -2.23. The van der Waals surface area contributed by atoms with E-state index in [1.54, 1.807) is 0 Å². The van der Waals surface area contributed by atoms with E-state index in [1.165, 1.54) is 0 Å². The van der Waals surface area contributed by atoms with Gasteiger partial charge in [0.1, 0.15) is 0 Å². The molecule has 0 aromatic heterocycles. The maximum atomic E-state index is 8.54. The van der Waals surface area contributed by atoms with Crippen molar-refractivity contribution in [3.8, 4) is 11.8 Å². The van der Waals surface area contributed by atoms with Gasteiger partial charge in [-0.05, 0) is 6.42 Å². The molecule has 0 heterocycles. The Bertz CT molecular complexity index is 164. The molecule has 0 saturated carbocycles. The summed E-state index contributed by atoms with van der Waals surface area (Å²) in [6.45, 7) is -0.0312. The van der Waals surface area contributed by atoms with Gasteiger partial charge in [-0.2, -0.15) is 0 Å². The van der Waals surface area contributed by atoms with Gasteiger partial charge in [-0.1, -0.05) is 5.92 Å². The van der Waals surface area contributed by atoms with Crippen molar-refractivity contribution in [2.45, 2.75) is 24.3 Å². The number of aliphatic hydroxyl groups is 2. The van der Waals surface area contributed by atoms with Crippen molar-refractivity contribution in [2.75, 3.05) is 13.2 Å². The average molecular weight is 192 g/mol. The number of rotatable bonds is 4. The monoisotopic (exact) mass is 191 g/mol. The standard InChI is InChI=1S/C8H14ClNO2/c9-7(4-5-11)2-1-3-8(10)6-12/h7-8,11-12H,3-6,10H2. The molecular weight excluding hydrogens is 178 g/mol. The van der Waals surface area contributed by atoms with Crippen LogP contribution in [0.4, 0.5) is 0 Å². The summed E-state index contributed by atoms with van der Waals surface area (Å²) < 4.78 is 0. The van der Waals surface area contributed by atoms with Crippen molar-refractivity contribution in [2.24, 2.45) is 5.73 Å². The number of hydrogen-bond donors (Lipinski definition) is 3. The average Bonchev–Trinajstić information content (AvgIpc) is 2.04. The minimum Gasteiger partial charge on any atom is -0.396 e. The Hall–Kier alpha value is -0.270. The van der Waals surface area contributed by atoms with Gasteiger partial charge in [-0.25, -0.2) is 0 Å². The number of nitrogens with two attached hydrogens (primary N) is 1. The van der Waals surface area contributed by atoms with Crippen LogP contribution in [-0.4, -0.2) is 34.8 Å². The molecule has 70 valence electrons. The zero-order chi connectivity index (χ0) is 9.40. The molecule has 0 fully saturated rings. The van der Waals surface area contributed by atoms with Crippen LogP contribution < -0.4 is 5.73 Å². The molecule has 2 atom stereocenters. The zero-order valence-electron chi connectivity index (χ0n) is 6.83. The van der Waals surface area contributed by atoms with Crippen LogP contribution in [0.5, 0.6) is 0 Å². The van der Waals surface area contributed by atoms with Crippen LogP contribution in [0.15, 0.2) is 0 Å². The van der Waals surface area contributed by atoms with E-state index < -0.39 is 0 Å². The van der Waals surface area contributed by atoms with E-state index in [4.69, 9.17) is 27.5 Å². The molecule has 0 aromatic rings. The van der Waals surface area contributed by atoms with Crippen LogP contribution in [0.1, 0.15) is 12.8 Å². The fraction of sp³-hybridized carbons (Fsp3) is 0.750. The second-order valence-corrected chi connectivity index (χ2v) is 2.97. The topological polar surface area (TPSA) is 66.5 Å². The van der Waals surface area contributed by atoms with Gasteiger partial charge in [-0.3, -0.25) is 0 Å². The summed E-state index contributed by atoms with van der Waals surface area (Å²) in [6.07, 6.45) is 0.897. The first-order chi connectivity index (χ1) is 5.70. The zero-order valence-corrected chi connectivity index (χ0v) is 7.59. The third kappa shape index (κ3) is 6.44. The van der Waals surface area contributed by atoms with Crippen molar-refractivity contribution in [3.05, 3.63) is 0 Å². The first kappa shape index (κ1) is 11.7. The van der Waals surface area contributed by atoms with Crippen LogP contribution in [0.25, 0.3) is 0 Å². The summed E-state index contributed by atoms with van der Waals surface area (Å²) in [5, 5.41) is 16.7. The molecule has 0 spiro atoms. The smallest absolute Gasteiger partial charge is 0.0964 e. The lowest BCUT2D eigenvalue weighted by atomic mass is 10.2. The molecule has 4 N–H and O–H groups in total. The first-order valence-corrected chi connectivity index (χ1v) is 4.24. The van der Waals surface area contributed by atoms with Crippen molar-refractivity contribution >= 4 is 11.6 Å². The van der Waals surface area contributed by atoms with Crippen LogP contribution in [0.3, 0.4) is 0 Å². The highest BCUT2D eigenvalue weighted by Crippen LogP contribution is 1.98. The maximum absolute atomic E-state index is 8.54. The van der Waals surface area contributed by atoms with E-state index in [9.17, 15) is 0 Å². The van der Waals surface area contributed by atoms with Gasteiger partial charge in [0.15, 0.2) is 0 Å². The van der Waals surface area contributed by atoms with E-state index in [2.05, 4.69) is 11.8 Å². The van der Waals surface area contributed by atoms with Gasteiger partial charge in [0.05, 0.1) is 12.0 Å². The minimum atomic E-state index is -0.319. The molecule has 0 amide bonds. The Balaban J connectivity index is 3.57. The highest BCUT2D eigenvalue weighted by Gasteiger charge is 1.98. The highest BCUT2D eigenvalue weighted by atomic mass is 35.5. The van der Waals surface area contributed by atoms with E-state index >= 15 is 0 Å². The van der Waals surface area contributed by atoms with Crippen LogP contribution in [-0.2, 0) is 0 Å². The van der Waals surface area contributed by atoms with E-state index in [0.717, 1.165) is 0 Å². The number of halogens is 1. The normalized spacial score (nSPS) is 14.7. The summed E-state index contributed by atoms with van der Waals surface area (Å²) in [4.78, 5) is 0. The lowest BCUT2D eigenvalue weighted by molar-refractivity contribution is 0.267. The highest BCUT2D eigenvalue weighted by molar-refractivity contribution is 6.22. The molecule has 0 aliphatic heterocycles. The van der Waals surface area contributed by atoms with Crippen molar-refractivity contribution < 1.29 is 10.2 Å².